The number of fused-ring (bicyclic) bond motifs is 1. The van der Waals surface area contributed by atoms with Gasteiger partial charge in [-0.05, 0) is 31.6 Å². The van der Waals surface area contributed by atoms with E-state index in [9.17, 15) is 0 Å². The average Bonchev–Trinajstić information content (AvgIpc) is 3.18. The van der Waals surface area contributed by atoms with Crippen molar-refractivity contribution < 1.29 is 0 Å². The van der Waals surface area contributed by atoms with E-state index in [4.69, 9.17) is 5.73 Å². The second-order valence-electron chi connectivity index (χ2n) is 7.13. The Kier molecular flexibility index (Phi) is 3.32. The summed E-state index contributed by atoms with van der Waals surface area (Å²) < 4.78 is 2.00. The van der Waals surface area contributed by atoms with Crippen molar-refractivity contribution in [2.75, 3.05) is 23.7 Å². The quantitative estimate of drug-likeness (QED) is 0.736. The Morgan fingerprint density at radius 2 is 2.16 bits per heavy atom. The zero-order valence-corrected chi connectivity index (χ0v) is 14.0. The molecular weight excluding hydrogens is 318 g/mol. The first-order chi connectivity index (χ1) is 12.3. The highest BCUT2D eigenvalue weighted by Crippen LogP contribution is 2.38. The van der Waals surface area contributed by atoms with Crippen molar-refractivity contribution in [1.82, 2.24) is 35.2 Å². The molecule has 0 unspecified atom stereocenters. The van der Waals surface area contributed by atoms with E-state index >= 15 is 0 Å². The monoisotopic (exact) mass is 339 g/mol. The molecule has 0 aromatic carbocycles. The number of nitrogens with one attached hydrogen (secondary N) is 1. The molecule has 0 spiro atoms. The van der Waals surface area contributed by atoms with Crippen LogP contribution >= 0.6 is 0 Å². The second-order valence-corrected chi connectivity index (χ2v) is 7.13. The number of rotatable bonds is 4. The molecule has 0 bridgehead atoms. The van der Waals surface area contributed by atoms with Crippen molar-refractivity contribution in [2.45, 2.75) is 38.1 Å². The van der Waals surface area contributed by atoms with E-state index in [2.05, 4.69) is 41.6 Å². The van der Waals surface area contributed by atoms with E-state index in [1.165, 1.54) is 19.3 Å². The molecule has 1 aliphatic carbocycles. The van der Waals surface area contributed by atoms with E-state index in [-0.39, 0.29) is 5.95 Å². The van der Waals surface area contributed by atoms with Crippen LogP contribution in [-0.2, 0) is 6.54 Å². The first-order valence-corrected chi connectivity index (χ1v) is 8.88. The molecule has 25 heavy (non-hydrogen) atoms. The van der Waals surface area contributed by atoms with Crippen LogP contribution in [0.1, 0.15) is 37.3 Å². The van der Waals surface area contributed by atoms with Crippen molar-refractivity contribution in [3.8, 4) is 0 Å². The van der Waals surface area contributed by atoms with Gasteiger partial charge in [0, 0.05) is 31.7 Å². The van der Waals surface area contributed by atoms with Crippen LogP contribution in [0.2, 0.25) is 0 Å². The summed E-state index contributed by atoms with van der Waals surface area (Å²) in [5, 5.41) is 16.5. The van der Waals surface area contributed by atoms with Gasteiger partial charge in [-0.15, -0.1) is 5.10 Å². The molecule has 3 N–H and O–H groups in total. The third kappa shape index (κ3) is 2.79. The van der Waals surface area contributed by atoms with Gasteiger partial charge in [-0.3, -0.25) is 9.78 Å². The van der Waals surface area contributed by atoms with Gasteiger partial charge in [-0.1, -0.05) is 5.21 Å². The number of piperidine rings is 1. The third-order valence-electron chi connectivity index (χ3n) is 5.12. The molecule has 3 aromatic rings. The van der Waals surface area contributed by atoms with Gasteiger partial charge in [-0.2, -0.15) is 15.1 Å². The Morgan fingerprint density at radius 1 is 1.24 bits per heavy atom. The van der Waals surface area contributed by atoms with Crippen LogP contribution in [0.4, 0.5) is 11.8 Å². The first-order valence-electron chi connectivity index (χ1n) is 8.88. The van der Waals surface area contributed by atoms with Crippen LogP contribution in [-0.4, -0.2) is 48.2 Å². The molecule has 0 amide bonds. The molecule has 0 radical (unpaired) electrons. The lowest BCUT2D eigenvalue weighted by Crippen LogP contribution is -2.38. The molecule has 1 saturated carbocycles. The summed E-state index contributed by atoms with van der Waals surface area (Å²) in [6.07, 6.45) is 8.71. The number of aromatic nitrogens is 7. The molecule has 5 rings (SSSR count). The second kappa shape index (κ2) is 5.68. The molecule has 9 heteroatoms. The van der Waals surface area contributed by atoms with Crippen LogP contribution in [0.25, 0.3) is 11.0 Å². The summed E-state index contributed by atoms with van der Waals surface area (Å²) in [4.78, 5) is 11.0. The number of hydrogen-bond acceptors (Lipinski definition) is 7. The maximum absolute atomic E-state index is 5.87. The normalized spacial score (nSPS) is 21.1. The molecule has 4 heterocycles. The number of nitrogens with two attached hydrogens (primary N) is 1. The molecule has 130 valence electrons. The Bertz CT molecular complexity index is 894. The van der Waals surface area contributed by atoms with Gasteiger partial charge in [-0.25, -0.2) is 0 Å². The van der Waals surface area contributed by atoms with E-state index in [1.807, 2.05) is 4.68 Å². The van der Waals surface area contributed by atoms with Crippen molar-refractivity contribution >= 4 is 22.8 Å². The number of nitrogen functional groups attached to an aromatic ring is 1. The summed E-state index contributed by atoms with van der Waals surface area (Å²) in [5.41, 5.74) is 7.71. The molecule has 3 aromatic heterocycles. The Hall–Kier alpha value is -2.71. The van der Waals surface area contributed by atoms with Crippen molar-refractivity contribution in [3.63, 3.8) is 0 Å². The molecular formula is C16H21N9. The number of nitrogens with zero attached hydrogens (tertiary/aromatic N) is 7. The fraction of sp³-hybridized carbons (Fsp3) is 0.562. The summed E-state index contributed by atoms with van der Waals surface area (Å²) >= 11 is 0. The van der Waals surface area contributed by atoms with E-state index in [0.29, 0.717) is 17.5 Å². The van der Waals surface area contributed by atoms with Crippen LogP contribution in [0.5, 0.6) is 0 Å². The smallest absolute Gasteiger partial charge is 0.224 e. The maximum Gasteiger partial charge on any atom is 0.224 e. The van der Waals surface area contributed by atoms with E-state index < -0.39 is 0 Å². The molecule has 9 nitrogen and oxygen atoms in total. The summed E-state index contributed by atoms with van der Waals surface area (Å²) in [6, 6.07) is 0. The van der Waals surface area contributed by atoms with Gasteiger partial charge in [0.1, 0.15) is 5.82 Å². The van der Waals surface area contributed by atoms with Gasteiger partial charge < -0.3 is 10.6 Å². The van der Waals surface area contributed by atoms with Crippen molar-refractivity contribution in [2.24, 2.45) is 5.92 Å². The van der Waals surface area contributed by atoms with Gasteiger partial charge in [0.05, 0.1) is 17.3 Å². The van der Waals surface area contributed by atoms with Crippen LogP contribution < -0.4 is 10.6 Å². The maximum atomic E-state index is 5.87. The summed E-state index contributed by atoms with van der Waals surface area (Å²) in [5.74, 6) is 2.31. The zero-order chi connectivity index (χ0) is 16.8. The fourth-order valence-electron chi connectivity index (χ4n) is 3.72. The lowest BCUT2D eigenvalue weighted by molar-refractivity contribution is 0.347. The Morgan fingerprint density at radius 3 is 3.04 bits per heavy atom. The third-order valence-corrected chi connectivity index (χ3v) is 5.12. The predicted molar refractivity (Wildman–Crippen MR) is 93.0 cm³/mol. The number of H-pyrrole nitrogens is 1. The van der Waals surface area contributed by atoms with Crippen LogP contribution in [0.15, 0.2) is 12.4 Å². The largest absolute Gasteiger partial charge is 0.368 e. The minimum atomic E-state index is 0.277. The lowest BCUT2D eigenvalue weighted by Gasteiger charge is -2.33. The summed E-state index contributed by atoms with van der Waals surface area (Å²) in [6.45, 7) is 2.79. The fourth-order valence-corrected chi connectivity index (χ4v) is 3.72. The number of hydrogen-bond donors (Lipinski definition) is 2. The highest BCUT2D eigenvalue weighted by atomic mass is 15.4. The van der Waals surface area contributed by atoms with Crippen molar-refractivity contribution in [1.29, 1.82) is 0 Å². The molecule has 1 aliphatic heterocycles. The van der Waals surface area contributed by atoms with Gasteiger partial charge in [0.2, 0.25) is 5.95 Å². The number of aromatic amines is 1. The van der Waals surface area contributed by atoms with Gasteiger partial charge in [0.15, 0.2) is 5.65 Å². The van der Waals surface area contributed by atoms with Gasteiger partial charge >= 0.3 is 0 Å². The molecule has 1 atom stereocenters. The Balaban J connectivity index is 1.35. The summed E-state index contributed by atoms with van der Waals surface area (Å²) in [7, 11) is 0. The SMILES string of the molecule is Nc1nc(N2CCC[C@H](Cn3cc(C4CC4)nn3)C2)c2cn[nH]c2n1. The molecule has 2 aliphatic rings. The molecule has 2 fully saturated rings. The zero-order valence-electron chi connectivity index (χ0n) is 14.0. The minimum Gasteiger partial charge on any atom is -0.368 e. The average molecular weight is 339 g/mol. The van der Waals surface area contributed by atoms with Crippen molar-refractivity contribution in [3.05, 3.63) is 18.1 Å². The van der Waals surface area contributed by atoms with E-state index in [1.54, 1.807) is 6.20 Å². The van der Waals surface area contributed by atoms with Gasteiger partial charge in [0.25, 0.3) is 0 Å². The van der Waals surface area contributed by atoms with E-state index in [0.717, 1.165) is 43.0 Å². The molecule has 1 saturated heterocycles. The highest BCUT2D eigenvalue weighted by molar-refractivity contribution is 5.87. The topological polar surface area (TPSA) is 114 Å². The van der Waals surface area contributed by atoms with Crippen LogP contribution in [0.3, 0.4) is 0 Å². The number of anilines is 2. The Labute approximate surface area is 144 Å². The first kappa shape index (κ1) is 14.6. The predicted octanol–water partition coefficient (Wildman–Crippen LogP) is 1.32. The van der Waals surface area contributed by atoms with Crippen LogP contribution in [0, 0.1) is 5.92 Å². The minimum absolute atomic E-state index is 0.277. The highest BCUT2D eigenvalue weighted by Gasteiger charge is 2.28. The lowest BCUT2D eigenvalue weighted by atomic mass is 9.98. The standard InChI is InChI=1S/C16H21N9/c17-16-19-14-12(6-18-22-14)15(20-16)24-5-1-2-10(7-24)8-25-9-13(21-23-25)11-3-4-11/h6,9-11H,1-5,7-8H2,(H3,17,18,19,20,22)/t10-/m0/s1.